The number of fused-ring (bicyclic) bond motifs is 3. The van der Waals surface area contributed by atoms with Crippen molar-refractivity contribution >= 4 is 18.1 Å². The van der Waals surface area contributed by atoms with Gasteiger partial charge in [0, 0.05) is 17.1 Å². The summed E-state index contributed by atoms with van der Waals surface area (Å²) in [5.41, 5.74) is 1.89. The molecule has 1 aromatic carbocycles. The number of benzene rings is 1. The monoisotopic (exact) mass is 366 g/mol. The number of amides is 1. The summed E-state index contributed by atoms with van der Waals surface area (Å²) in [6.07, 6.45) is 7.32. The van der Waals surface area contributed by atoms with Crippen molar-refractivity contribution in [3.63, 3.8) is 0 Å². The van der Waals surface area contributed by atoms with Crippen molar-refractivity contribution in [2.24, 2.45) is 11.3 Å². The number of methoxy groups -OCH3 is 1. The molecule has 0 radical (unpaired) electrons. The van der Waals surface area contributed by atoms with Crippen molar-refractivity contribution in [1.82, 2.24) is 4.90 Å². The third-order valence-corrected chi connectivity index (χ3v) is 8.95. The van der Waals surface area contributed by atoms with E-state index in [4.69, 9.17) is 4.74 Å². The Labute approximate surface area is 159 Å². The van der Waals surface area contributed by atoms with Crippen LogP contribution >= 0.6 is 0 Å². The highest BCUT2D eigenvalue weighted by Gasteiger charge is 2.80. The lowest BCUT2D eigenvalue weighted by Crippen LogP contribution is -2.78. The van der Waals surface area contributed by atoms with E-state index in [0.29, 0.717) is 6.04 Å². The van der Waals surface area contributed by atoms with E-state index in [1.54, 1.807) is 0 Å². The van der Waals surface area contributed by atoms with E-state index in [1.165, 1.54) is 25.5 Å². The van der Waals surface area contributed by atoms with Gasteiger partial charge in [-0.1, -0.05) is 18.2 Å². The molecule has 0 N–H and O–H groups in total. The molecule has 5 heteroatoms. The summed E-state index contributed by atoms with van der Waals surface area (Å²) < 4.78 is 5.32. The van der Waals surface area contributed by atoms with Crippen LogP contribution in [0.2, 0.25) is 0 Å². The van der Waals surface area contributed by atoms with Gasteiger partial charge in [0.2, 0.25) is 6.41 Å². The van der Waals surface area contributed by atoms with Gasteiger partial charge in [-0.05, 0) is 68.7 Å². The Kier molecular flexibility index (Phi) is 2.94. The highest BCUT2D eigenvalue weighted by Crippen LogP contribution is 2.75. The molecule has 1 aromatic rings. The number of para-hydroxylation sites is 1. The Morgan fingerprint density at radius 3 is 2.85 bits per heavy atom. The predicted octanol–water partition coefficient (Wildman–Crippen LogP) is 2.48. The Morgan fingerprint density at radius 2 is 2.04 bits per heavy atom. The maximum atomic E-state index is 13.1. The lowest BCUT2D eigenvalue weighted by Gasteiger charge is -2.69. The fourth-order valence-electron chi connectivity index (χ4n) is 8.44. The lowest BCUT2D eigenvalue weighted by atomic mass is 9.38. The van der Waals surface area contributed by atoms with Crippen molar-refractivity contribution in [3.8, 4) is 0 Å². The molecule has 5 fully saturated rings. The lowest BCUT2D eigenvalue weighted by molar-refractivity contribution is -0.175. The number of rotatable bonds is 2. The minimum atomic E-state index is -0.468. The zero-order valence-corrected chi connectivity index (χ0v) is 15.8. The maximum absolute atomic E-state index is 13.1. The highest BCUT2D eigenvalue weighted by molar-refractivity contribution is 5.90. The zero-order valence-electron chi connectivity index (χ0n) is 15.8. The fourth-order valence-corrected chi connectivity index (χ4v) is 8.44. The van der Waals surface area contributed by atoms with Crippen LogP contribution in [0.1, 0.15) is 44.1 Å². The Hall–Kier alpha value is -1.88. The number of nitrogens with zero attached hydrogens (tertiary/aromatic N) is 2. The molecule has 3 aliphatic carbocycles. The van der Waals surface area contributed by atoms with Crippen molar-refractivity contribution in [3.05, 3.63) is 29.8 Å². The zero-order chi connectivity index (χ0) is 18.4. The van der Waals surface area contributed by atoms with E-state index in [-0.39, 0.29) is 22.7 Å². The summed E-state index contributed by atoms with van der Waals surface area (Å²) in [5.74, 6) is -0.362. The first-order valence-corrected chi connectivity index (χ1v) is 10.3. The summed E-state index contributed by atoms with van der Waals surface area (Å²) in [5, 5.41) is 0. The molecule has 1 amide bonds. The van der Waals surface area contributed by atoms with Gasteiger partial charge in [0.1, 0.15) is 0 Å². The second kappa shape index (κ2) is 4.93. The van der Waals surface area contributed by atoms with Crippen LogP contribution in [0.4, 0.5) is 5.69 Å². The van der Waals surface area contributed by atoms with E-state index in [9.17, 15) is 9.59 Å². The Balaban J connectivity index is 1.69. The van der Waals surface area contributed by atoms with Gasteiger partial charge in [-0.3, -0.25) is 14.5 Å². The molecule has 2 bridgehead atoms. The summed E-state index contributed by atoms with van der Waals surface area (Å²) in [6, 6.07) is 8.86. The van der Waals surface area contributed by atoms with Gasteiger partial charge < -0.3 is 9.64 Å². The summed E-state index contributed by atoms with van der Waals surface area (Å²) >= 11 is 0. The molecule has 2 saturated heterocycles. The molecule has 142 valence electrons. The van der Waals surface area contributed by atoms with Gasteiger partial charge in [0.25, 0.3) is 0 Å². The first kappa shape index (κ1) is 16.1. The largest absolute Gasteiger partial charge is 0.469 e. The molecule has 7 rings (SSSR count). The van der Waals surface area contributed by atoms with E-state index in [2.05, 4.69) is 23.1 Å². The molecule has 0 unspecified atom stereocenters. The predicted molar refractivity (Wildman–Crippen MR) is 100 cm³/mol. The second-order valence-corrected chi connectivity index (χ2v) is 9.32. The molecular formula is C22H26N2O3. The molecule has 3 spiro atoms. The van der Waals surface area contributed by atoms with Crippen molar-refractivity contribution < 1.29 is 14.3 Å². The van der Waals surface area contributed by atoms with Crippen LogP contribution in [-0.4, -0.2) is 49.1 Å². The molecule has 3 aliphatic heterocycles. The molecular weight excluding hydrogens is 340 g/mol. The van der Waals surface area contributed by atoms with E-state index < -0.39 is 5.54 Å². The Bertz CT molecular complexity index is 856. The van der Waals surface area contributed by atoms with Gasteiger partial charge in [0.05, 0.1) is 18.6 Å². The number of hydrogen-bond acceptors (Lipinski definition) is 4. The van der Waals surface area contributed by atoms with Crippen molar-refractivity contribution in [2.75, 3.05) is 25.1 Å². The van der Waals surface area contributed by atoms with E-state index in [0.717, 1.165) is 50.9 Å². The van der Waals surface area contributed by atoms with Crippen LogP contribution in [-0.2, 0) is 19.7 Å². The number of carbonyl (C=O) groups excluding carboxylic acids is 2. The van der Waals surface area contributed by atoms with Gasteiger partial charge in [-0.2, -0.15) is 0 Å². The molecule has 0 aromatic heterocycles. The maximum Gasteiger partial charge on any atom is 0.311 e. The summed E-state index contributed by atoms with van der Waals surface area (Å²) in [4.78, 5) is 30.2. The first-order valence-electron chi connectivity index (χ1n) is 10.3. The van der Waals surface area contributed by atoms with E-state index >= 15 is 0 Å². The summed E-state index contributed by atoms with van der Waals surface area (Å²) in [6.45, 7) is 2.22. The van der Waals surface area contributed by atoms with Crippen LogP contribution in [0.3, 0.4) is 0 Å². The van der Waals surface area contributed by atoms with E-state index in [1.807, 2.05) is 11.0 Å². The highest BCUT2D eigenvalue weighted by atomic mass is 16.5. The van der Waals surface area contributed by atoms with Crippen molar-refractivity contribution in [2.45, 2.75) is 55.5 Å². The number of carbonyl (C=O) groups is 2. The van der Waals surface area contributed by atoms with Gasteiger partial charge in [-0.25, -0.2) is 0 Å². The number of piperidine rings is 1. The molecule has 5 atom stereocenters. The van der Waals surface area contributed by atoms with Crippen LogP contribution in [0, 0.1) is 11.3 Å². The number of hydrogen-bond donors (Lipinski definition) is 0. The van der Waals surface area contributed by atoms with Gasteiger partial charge in [0.15, 0.2) is 0 Å². The van der Waals surface area contributed by atoms with Crippen LogP contribution in [0.15, 0.2) is 24.3 Å². The standard InChI is InChI=1S/C22H26N2O3/c1-27-18(26)16-13-20-7-4-11-23-12-10-21(19(20)23)15-5-2-3-6-17(15)24(14-25)22(16,21)9-8-20/h2-3,5-6,14,16,19H,4,7-13H2,1H3/t16-,19-,20+,21+,22-/m0/s1. The normalized spacial score (nSPS) is 43.8. The van der Waals surface area contributed by atoms with Gasteiger partial charge >= 0.3 is 5.97 Å². The van der Waals surface area contributed by atoms with Gasteiger partial charge in [-0.15, -0.1) is 0 Å². The second-order valence-electron chi connectivity index (χ2n) is 9.32. The first-order chi connectivity index (χ1) is 13.1. The average Bonchev–Trinajstić information content (AvgIpc) is 3.23. The summed E-state index contributed by atoms with van der Waals surface area (Å²) in [7, 11) is 1.50. The fraction of sp³-hybridized carbons (Fsp3) is 0.636. The smallest absolute Gasteiger partial charge is 0.311 e. The Morgan fingerprint density at radius 1 is 1.19 bits per heavy atom. The SMILES string of the molecule is COC(=O)[C@@H]1C[C@@]23CCCN4CC[C@@]5(c6ccccc6N(C=O)[C@@]15CC2)[C@@H]43. The number of anilines is 1. The average molecular weight is 366 g/mol. The van der Waals surface area contributed by atoms with Crippen LogP contribution in [0.5, 0.6) is 0 Å². The third-order valence-electron chi connectivity index (χ3n) is 8.95. The topological polar surface area (TPSA) is 49.9 Å². The molecule has 5 nitrogen and oxygen atoms in total. The van der Waals surface area contributed by atoms with Crippen LogP contribution in [0.25, 0.3) is 0 Å². The molecule has 3 heterocycles. The van der Waals surface area contributed by atoms with Crippen LogP contribution < -0.4 is 4.90 Å². The molecule has 27 heavy (non-hydrogen) atoms. The van der Waals surface area contributed by atoms with Crippen molar-refractivity contribution in [1.29, 1.82) is 0 Å². The number of esters is 1. The quantitative estimate of drug-likeness (QED) is 0.596. The molecule has 6 aliphatic rings. The molecule has 3 saturated carbocycles. The minimum Gasteiger partial charge on any atom is -0.469 e. The third kappa shape index (κ3) is 1.49. The minimum absolute atomic E-state index is 0.129. The number of ether oxygens (including phenoxy) is 1.